The van der Waals surface area contributed by atoms with E-state index in [9.17, 15) is 14.7 Å². The van der Waals surface area contributed by atoms with Crippen molar-refractivity contribution < 1.29 is 14.7 Å². The van der Waals surface area contributed by atoms with Crippen LogP contribution in [0.1, 0.15) is 26.2 Å². The van der Waals surface area contributed by atoms with Gasteiger partial charge in [0.15, 0.2) is 0 Å². The van der Waals surface area contributed by atoms with Crippen LogP contribution in [0, 0.1) is 5.92 Å². The second-order valence-corrected chi connectivity index (χ2v) is 5.44. The average Bonchev–Trinajstić information content (AvgIpc) is 2.78. The Hall–Kier alpha value is -0.940. The van der Waals surface area contributed by atoms with Crippen molar-refractivity contribution >= 4 is 11.7 Å². The highest BCUT2D eigenvalue weighted by Crippen LogP contribution is 2.19. The highest BCUT2D eigenvalue weighted by Gasteiger charge is 2.29. The lowest BCUT2D eigenvalue weighted by molar-refractivity contribution is -0.135. The number of rotatable bonds is 3. The van der Waals surface area contributed by atoms with Gasteiger partial charge in [-0.15, -0.1) is 0 Å². The van der Waals surface area contributed by atoms with Crippen molar-refractivity contribution in [1.29, 1.82) is 0 Å². The van der Waals surface area contributed by atoms with Gasteiger partial charge in [-0.25, -0.2) is 0 Å². The molecule has 0 aromatic heterocycles. The van der Waals surface area contributed by atoms with Crippen molar-refractivity contribution in [1.82, 2.24) is 9.80 Å². The Morgan fingerprint density at radius 1 is 1.39 bits per heavy atom. The molecule has 1 N–H and O–H groups in total. The summed E-state index contributed by atoms with van der Waals surface area (Å²) in [5, 5.41) is 9.52. The molecule has 18 heavy (non-hydrogen) atoms. The highest BCUT2D eigenvalue weighted by molar-refractivity contribution is 5.84. The molecule has 2 rings (SSSR count). The summed E-state index contributed by atoms with van der Waals surface area (Å²) in [5.74, 6) is 0.670. The van der Waals surface area contributed by atoms with Crippen molar-refractivity contribution in [2.45, 2.75) is 32.3 Å². The third-order valence-corrected chi connectivity index (χ3v) is 4.02. The van der Waals surface area contributed by atoms with Gasteiger partial charge in [0.1, 0.15) is 5.78 Å². The van der Waals surface area contributed by atoms with Crippen LogP contribution >= 0.6 is 0 Å². The van der Waals surface area contributed by atoms with E-state index in [1.165, 1.54) is 0 Å². The maximum Gasteiger partial charge on any atom is 0.236 e. The Balaban J connectivity index is 1.76. The standard InChI is InChI=1S/C13H22N2O3/c1-10(16)11-2-5-14(8-11)9-13(18)15-6-3-12(17)4-7-15/h10-11,16H,2-9H2,1H3. The zero-order chi connectivity index (χ0) is 13.1. The van der Waals surface area contributed by atoms with Gasteiger partial charge in [-0.3, -0.25) is 14.5 Å². The van der Waals surface area contributed by atoms with E-state index in [4.69, 9.17) is 0 Å². The van der Waals surface area contributed by atoms with Crippen molar-refractivity contribution in [3.05, 3.63) is 0 Å². The molecule has 2 aliphatic heterocycles. The summed E-state index contributed by atoms with van der Waals surface area (Å²) < 4.78 is 0. The molecule has 0 aromatic rings. The molecule has 0 aromatic carbocycles. The predicted molar refractivity (Wildman–Crippen MR) is 67.0 cm³/mol. The fourth-order valence-electron chi connectivity index (χ4n) is 2.70. The monoisotopic (exact) mass is 254 g/mol. The molecule has 0 spiro atoms. The van der Waals surface area contributed by atoms with Crippen LogP contribution in [0.5, 0.6) is 0 Å². The maximum atomic E-state index is 12.0. The van der Waals surface area contributed by atoms with Crippen LogP contribution < -0.4 is 0 Å². The molecule has 2 saturated heterocycles. The number of Topliss-reactive ketones (excluding diaryl/α,β-unsaturated/α-hetero) is 1. The minimum absolute atomic E-state index is 0.119. The highest BCUT2D eigenvalue weighted by atomic mass is 16.3. The van der Waals surface area contributed by atoms with Gasteiger partial charge in [0.25, 0.3) is 0 Å². The number of carbonyl (C=O) groups is 2. The molecular formula is C13H22N2O3. The third kappa shape index (κ3) is 3.29. The van der Waals surface area contributed by atoms with E-state index < -0.39 is 0 Å². The van der Waals surface area contributed by atoms with Gasteiger partial charge in [-0.1, -0.05) is 0 Å². The molecule has 1 amide bonds. The zero-order valence-corrected chi connectivity index (χ0v) is 11.0. The normalized spacial score (nSPS) is 27.6. The van der Waals surface area contributed by atoms with Crippen LogP contribution in [0.4, 0.5) is 0 Å². The lowest BCUT2D eigenvalue weighted by atomic mass is 10.0. The Kier molecular flexibility index (Phi) is 4.35. The van der Waals surface area contributed by atoms with E-state index in [1.54, 1.807) is 4.90 Å². The van der Waals surface area contributed by atoms with Gasteiger partial charge in [0, 0.05) is 32.5 Å². The fourth-order valence-corrected chi connectivity index (χ4v) is 2.70. The number of likely N-dealkylation sites (tertiary alicyclic amines) is 2. The van der Waals surface area contributed by atoms with Gasteiger partial charge in [0.2, 0.25) is 5.91 Å². The second-order valence-electron chi connectivity index (χ2n) is 5.44. The second kappa shape index (κ2) is 5.80. The van der Waals surface area contributed by atoms with E-state index >= 15 is 0 Å². The molecule has 0 radical (unpaired) electrons. The Labute approximate surface area is 108 Å². The minimum Gasteiger partial charge on any atom is -0.393 e. The Bertz CT molecular complexity index is 320. The summed E-state index contributed by atoms with van der Waals surface area (Å²) in [5.41, 5.74) is 0. The van der Waals surface area contributed by atoms with Gasteiger partial charge >= 0.3 is 0 Å². The van der Waals surface area contributed by atoms with Crippen LogP contribution in [0.15, 0.2) is 0 Å². The van der Waals surface area contributed by atoms with Crippen molar-refractivity contribution in [2.75, 3.05) is 32.7 Å². The molecule has 0 aliphatic carbocycles. The molecular weight excluding hydrogens is 232 g/mol. The topological polar surface area (TPSA) is 60.9 Å². The first kappa shape index (κ1) is 13.5. The van der Waals surface area contributed by atoms with E-state index in [1.807, 2.05) is 6.92 Å². The van der Waals surface area contributed by atoms with E-state index in [0.717, 1.165) is 19.5 Å². The Morgan fingerprint density at radius 3 is 2.61 bits per heavy atom. The molecule has 2 atom stereocenters. The average molecular weight is 254 g/mol. The quantitative estimate of drug-likeness (QED) is 0.763. The fraction of sp³-hybridized carbons (Fsp3) is 0.846. The van der Waals surface area contributed by atoms with Crippen molar-refractivity contribution in [2.24, 2.45) is 5.92 Å². The first-order valence-electron chi connectivity index (χ1n) is 6.76. The zero-order valence-electron chi connectivity index (χ0n) is 11.0. The largest absolute Gasteiger partial charge is 0.393 e. The summed E-state index contributed by atoms with van der Waals surface area (Å²) in [6.45, 7) is 5.07. The number of hydrogen-bond donors (Lipinski definition) is 1. The van der Waals surface area contributed by atoms with Crippen LogP contribution in [0.2, 0.25) is 0 Å². The molecule has 102 valence electrons. The predicted octanol–water partition coefficient (Wildman–Crippen LogP) is -0.119. The van der Waals surface area contributed by atoms with Gasteiger partial charge in [-0.2, -0.15) is 0 Å². The number of nitrogens with zero attached hydrogens (tertiary/aromatic N) is 2. The van der Waals surface area contributed by atoms with Gasteiger partial charge in [0.05, 0.1) is 12.6 Å². The van der Waals surface area contributed by atoms with Gasteiger partial charge in [-0.05, 0) is 25.8 Å². The molecule has 2 heterocycles. The number of amides is 1. The summed E-state index contributed by atoms with van der Waals surface area (Å²) >= 11 is 0. The molecule has 5 heteroatoms. The summed E-state index contributed by atoms with van der Waals surface area (Å²) in [4.78, 5) is 27.1. The minimum atomic E-state index is -0.294. The molecule has 2 fully saturated rings. The lowest BCUT2D eigenvalue weighted by Gasteiger charge is -2.28. The number of piperidine rings is 1. The molecule has 2 unspecified atom stereocenters. The first-order valence-corrected chi connectivity index (χ1v) is 6.76. The molecule has 5 nitrogen and oxygen atoms in total. The third-order valence-electron chi connectivity index (χ3n) is 4.02. The van der Waals surface area contributed by atoms with Gasteiger partial charge < -0.3 is 10.0 Å². The summed E-state index contributed by atoms with van der Waals surface area (Å²) in [6, 6.07) is 0. The number of ketones is 1. The molecule has 0 saturated carbocycles. The SMILES string of the molecule is CC(O)C1CCN(CC(=O)N2CCC(=O)CC2)C1. The van der Waals surface area contributed by atoms with Crippen molar-refractivity contribution in [3.8, 4) is 0 Å². The molecule has 2 aliphatic rings. The van der Waals surface area contributed by atoms with E-state index in [2.05, 4.69) is 4.90 Å². The lowest BCUT2D eigenvalue weighted by Crippen LogP contribution is -2.44. The number of hydrogen-bond acceptors (Lipinski definition) is 4. The smallest absolute Gasteiger partial charge is 0.236 e. The van der Waals surface area contributed by atoms with Crippen molar-refractivity contribution in [3.63, 3.8) is 0 Å². The van der Waals surface area contributed by atoms with E-state index in [0.29, 0.717) is 38.4 Å². The summed E-state index contributed by atoms with van der Waals surface area (Å²) in [6.07, 6.45) is 1.67. The van der Waals surface area contributed by atoms with Crippen LogP contribution in [0.3, 0.4) is 0 Å². The van der Waals surface area contributed by atoms with E-state index in [-0.39, 0.29) is 17.8 Å². The maximum absolute atomic E-state index is 12.0. The van der Waals surface area contributed by atoms with Crippen LogP contribution in [-0.2, 0) is 9.59 Å². The van der Waals surface area contributed by atoms with Crippen LogP contribution in [0.25, 0.3) is 0 Å². The summed E-state index contributed by atoms with van der Waals surface area (Å²) in [7, 11) is 0. The Morgan fingerprint density at radius 2 is 2.06 bits per heavy atom. The van der Waals surface area contributed by atoms with Crippen LogP contribution in [-0.4, -0.2) is 65.4 Å². The number of aliphatic hydroxyl groups is 1. The molecule has 0 bridgehead atoms. The first-order chi connectivity index (χ1) is 8.56. The number of carbonyl (C=O) groups excluding carboxylic acids is 2. The number of aliphatic hydroxyl groups excluding tert-OH is 1.